The Kier molecular flexibility index (Phi) is 6.78. The molecule has 3 aromatic rings. The van der Waals surface area contributed by atoms with Crippen LogP contribution in [0.5, 0.6) is 0 Å². The number of amides is 2. The van der Waals surface area contributed by atoms with Gasteiger partial charge in [-0.2, -0.15) is 10.4 Å². The molecule has 8 nitrogen and oxygen atoms in total. The molecule has 0 fully saturated rings. The van der Waals surface area contributed by atoms with Crippen LogP contribution in [0.15, 0.2) is 47.1 Å². The van der Waals surface area contributed by atoms with E-state index in [9.17, 15) is 4.79 Å². The van der Waals surface area contributed by atoms with Crippen molar-refractivity contribution in [1.29, 1.82) is 5.26 Å². The maximum atomic E-state index is 11.9. The number of carbonyl (C=O) groups is 1. The third-order valence-electron chi connectivity index (χ3n) is 3.48. The fraction of sp³-hybridized carbons (Fsp3) is 0.235. The van der Waals surface area contributed by atoms with Crippen molar-refractivity contribution in [3.63, 3.8) is 0 Å². The number of aromatic nitrogens is 4. The lowest BCUT2D eigenvalue weighted by atomic mass is 10.2. The molecule has 27 heavy (non-hydrogen) atoms. The summed E-state index contributed by atoms with van der Waals surface area (Å²) in [7, 11) is 0. The van der Waals surface area contributed by atoms with Crippen molar-refractivity contribution in [2.45, 2.75) is 23.1 Å². The molecule has 2 amide bonds. The zero-order chi connectivity index (χ0) is 18.9. The number of rotatable bonds is 8. The van der Waals surface area contributed by atoms with Gasteiger partial charge in [-0.3, -0.25) is 10.00 Å². The minimum Gasteiger partial charge on any atom is -0.338 e. The summed E-state index contributed by atoms with van der Waals surface area (Å²) in [5.74, 6) is 0.722. The number of anilines is 1. The molecule has 2 aromatic heterocycles. The van der Waals surface area contributed by atoms with Crippen LogP contribution in [0.1, 0.15) is 17.5 Å². The third-order valence-corrected chi connectivity index (χ3v) is 5.52. The minimum atomic E-state index is -0.296. The predicted molar refractivity (Wildman–Crippen MR) is 104 cm³/mol. The zero-order valence-corrected chi connectivity index (χ0v) is 16.0. The van der Waals surface area contributed by atoms with Gasteiger partial charge in [-0.1, -0.05) is 35.2 Å². The second-order valence-electron chi connectivity index (χ2n) is 5.47. The van der Waals surface area contributed by atoms with Gasteiger partial charge in [0.1, 0.15) is 0 Å². The summed E-state index contributed by atoms with van der Waals surface area (Å²) in [6.07, 6.45) is 4.40. The van der Waals surface area contributed by atoms with E-state index >= 15 is 0 Å². The molecule has 138 valence electrons. The van der Waals surface area contributed by atoms with E-state index in [1.54, 1.807) is 18.3 Å². The highest BCUT2D eigenvalue weighted by Gasteiger charge is 2.08. The number of nitrogens with one attached hydrogen (secondary N) is 2. The summed E-state index contributed by atoms with van der Waals surface area (Å²) < 4.78 is 2.59. The molecule has 0 saturated carbocycles. The molecule has 0 radical (unpaired) electrons. The quantitative estimate of drug-likeness (QED) is 0.342. The van der Waals surface area contributed by atoms with E-state index in [2.05, 4.69) is 32.0 Å². The molecule has 0 unspecified atom stereocenters. The van der Waals surface area contributed by atoms with Crippen molar-refractivity contribution < 1.29 is 4.79 Å². The number of benzene rings is 1. The Morgan fingerprint density at radius 2 is 2.15 bits per heavy atom. The Bertz CT molecular complexity index is 900. The molecule has 0 aliphatic heterocycles. The summed E-state index contributed by atoms with van der Waals surface area (Å²) >= 11 is 2.86. The Labute approximate surface area is 164 Å². The van der Waals surface area contributed by atoms with Crippen LogP contribution in [-0.2, 0) is 12.3 Å². The highest BCUT2D eigenvalue weighted by molar-refractivity contribution is 8.00. The van der Waals surface area contributed by atoms with Crippen molar-refractivity contribution in [3.05, 3.63) is 53.9 Å². The second kappa shape index (κ2) is 9.70. The van der Waals surface area contributed by atoms with Crippen LogP contribution < -0.4 is 10.6 Å². The molecular formula is C17H17N7OS2. The van der Waals surface area contributed by atoms with Gasteiger partial charge in [0.05, 0.1) is 11.6 Å². The molecule has 0 atom stereocenters. The number of thioether (sulfide) groups is 1. The number of nitriles is 1. The van der Waals surface area contributed by atoms with Crippen LogP contribution in [0.2, 0.25) is 0 Å². The standard InChI is InChI=1S/C17H17N7OS2/c18-11-13-3-5-14(6-4-13)12-26-17-23-22-16(27-17)21-15(25)19-7-1-9-24-10-2-8-20-24/h2-6,8,10H,1,7,9,12H2,(H2,19,21,22,25). The van der Waals surface area contributed by atoms with E-state index in [0.29, 0.717) is 17.2 Å². The van der Waals surface area contributed by atoms with E-state index in [0.717, 1.165) is 28.6 Å². The van der Waals surface area contributed by atoms with Gasteiger partial charge in [-0.25, -0.2) is 4.79 Å². The van der Waals surface area contributed by atoms with Gasteiger partial charge >= 0.3 is 6.03 Å². The molecule has 0 aliphatic rings. The van der Waals surface area contributed by atoms with Gasteiger partial charge in [-0.15, -0.1) is 10.2 Å². The third kappa shape index (κ3) is 6.09. The molecule has 0 spiro atoms. The lowest BCUT2D eigenvalue weighted by Crippen LogP contribution is -2.30. The van der Waals surface area contributed by atoms with Crippen LogP contribution in [0.25, 0.3) is 0 Å². The van der Waals surface area contributed by atoms with E-state index in [-0.39, 0.29) is 6.03 Å². The molecule has 3 rings (SSSR count). The Balaban J connectivity index is 1.37. The van der Waals surface area contributed by atoms with Gasteiger partial charge in [0.25, 0.3) is 0 Å². The number of urea groups is 1. The summed E-state index contributed by atoms with van der Waals surface area (Å²) in [6, 6.07) is 11.1. The maximum absolute atomic E-state index is 11.9. The van der Waals surface area contributed by atoms with E-state index in [1.165, 1.54) is 23.1 Å². The maximum Gasteiger partial charge on any atom is 0.321 e. The van der Waals surface area contributed by atoms with Crippen LogP contribution >= 0.6 is 23.1 Å². The lowest BCUT2D eigenvalue weighted by molar-refractivity contribution is 0.251. The molecule has 10 heteroatoms. The normalized spacial score (nSPS) is 10.3. The van der Waals surface area contributed by atoms with Gasteiger partial charge < -0.3 is 5.32 Å². The smallest absolute Gasteiger partial charge is 0.321 e. The Hall–Kier alpha value is -2.90. The first kappa shape index (κ1) is 18.9. The van der Waals surface area contributed by atoms with Crippen molar-refractivity contribution in [1.82, 2.24) is 25.3 Å². The molecule has 1 aromatic carbocycles. The fourth-order valence-corrected chi connectivity index (χ4v) is 3.86. The van der Waals surface area contributed by atoms with Gasteiger partial charge in [0.2, 0.25) is 5.13 Å². The number of carbonyl (C=O) groups excluding carboxylic acids is 1. The van der Waals surface area contributed by atoms with Gasteiger partial charge in [0, 0.05) is 31.2 Å². The highest BCUT2D eigenvalue weighted by atomic mass is 32.2. The SMILES string of the molecule is N#Cc1ccc(CSc2nnc(NC(=O)NCCCn3cccn3)s2)cc1. The number of hydrogen-bond acceptors (Lipinski definition) is 7. The van der Waals surface area contributed by atoms with Gasteiger partial charge in [-0.05, 0) is 30.2 Å². The lowest BCUT2D eigenvalue weighted by Gasteiger charge is -2.05. The topological polar surface area (TPSA) is 109 Å². The average Bonchev–Trinajstić information content (AvgIpc) is 3.36. The van der Waals surface area contributed by atoms with Crippen LogP contribution in [0, 0.1) is 11.3 Å². The molecule has 0 bridgehead atoms. The minimum absolute atomic E-state index is 0.296. The van der Waals surface area contributed by atoms with E-state index in [1.807, 2.05) is 29.1 Å². The second-order valence-corrected chi connectivity index (χ2v) is 7.67. The highest BCUT2D eigenvalue weighted by Crippen LogP contribution is 2.28. The Morgan fingerprint density at radius 1 is 1.30 bits per heavy atom. The predicted octanol–water partition coefficient (Wildman–Crippen LogP) is 3.11. The first-order valence-electron chi connectivity index (χ1n) is 8.20. The monoisotopic (exact) mass is 399 g/mol. The van der Waals surface area contributed by atoms with Crippen molar-refractivity contribution >= 4 is 34.3 Å². The first-order valence-corrected chi connectivity index (χ1v) is 10.0. The zero-order valence-electron chi connectivity index (χ0n) is 14.3. The summed E-state index contributed by atoms with van der Waals surface area (Å²) in [5, 5.41) is 26.9. The Morgan fingerprint density at radius 3 is 2.89 bits per heavy atom. The number of hydrogen-bond donors (Lipinski definition) is 2. The first-order chi connectivity index (χ1) is 13.2. The molecule has 0 aliphatic carbocycles. The van der Waals surface area contributed by atoms with Crippen molar-refractivity contribution in [2.75, 3.05) is 11.9 Å². The van der Waals surface area contributed by atoms with Crippen molar-refractivity contribution in [3.8, 4) is 6.07 Å². The van der Waals surface area contributed by atoms with E-state index < -0.39 is 0 Å². The fourth-order valence-electron chi connectivity index (χ4n) is 2.16. The summed E-state index contributed by atoms with van der Waals surface area (Å²) in [6.45, 7) is 1.30. The van der Waals surface area contributed by atoms with Crippen LogP contribution in [0.4, 0.5) is 9.93 Å². The largest absolute Gasteiger partial charge is 0.338 e. The van der Waals surface area contributed by atoms with Gasteiger partial charge in [0.15, 0.2) is 4.34 Å². The molecule has 0 saturated heterocycles. The summed E-state index contributed by atoms with van der Waals surface area (Å²) in [5.41, 5.74) is 1.74. The molecular weight excluding hydrogens is 382 g/mol. The number of aryl methyl sites for hydroxylation is 1. The number of nitrogens with zero attached hydrogens (tertiary/aromatic N) is 5. The van der Waals surface area contributed by atoms with Crippen LogP contribution in [0.3, 0.4) is 0 Å². The van der Waals surface area contributed by atoms with Crippen LogP contribution in [-0.4, -0.2) is 32.6 Å². The van der Waals surface area contributed by atoms with E-state index in [4.69, 9.17) is 5.26 Å². The molecule has 2 N–H and O–H groups in total. The summed E-state index contributed by atoms with van der Waals surface area (Å²) in [4.78, 5) is 11.9. The molecule has 2 heterocycles. The van der Waals surface area contributed by atoms with Crippen molar-refractivity contribution in [2.24, 2.45) is 0 Å². The average molecular weight is 400 g/mol.